The zero-order valence-electron chi connectivity index (χ0n) is 24.4. The maximum Gasteiger partial charge on any atom is 0.255 e. The summed E-state index contributed by atoms with van der Waals surface area (Å²) >= 11 is 1.44. The minimum atomic E-state index is -3.69. The van der Waals surface area contributed by atoms with E-state index in [1.165, 1.54) is 28.8 Å². The fourth-order valence-corrected chi connectivity index (χ4v) is 7.21. The van der Waals surface area contributed by atoms with E-state index in [2.05, 4.69) is 14.9 Å². The zero-order chi connectivity index (χ0) is 30.9. The van der Waals surface area contributed by atoms with Crippen LogP contribution < -0.4 is 9.62 Å². The van der Waals surface area contributed by atoms with Crippen LogP contribution in [-0.4, -0.2) is 49.2 Å². The maximum atomic E-state index is 14.7. The summed E-state index contributed by atoms with van der Waals surface area (Å²) in [6.07, 6.45) is 4.27. The standard InChI is InChI=1S/C32H28FN5O4S2/c1-5-28-35-16-27(43-28)31-29(32(39)34-2)20-13-19(24(15-26(20)42-31)37(3)44(4,40)41)22-10-9-17-11-12-38-23-8-6-7-21(33)18(23)14-25(38)30(17)36-22/h6-10,13-16H,5,11-12H2,1-4H3,(H,34,39). The van der Waals surface area contributed by atoms with Gasteiger partial charge in [-0.05, 0) is 48.7 Å². The first kappa shape index (κ1) is 28.2. The summed E-state index contributed by atoms with van der Waals surface area (Å²) in [5, 5.41) is 4.65. The van der Waals surface area contributed by atoms with Gasteiger partial charge < -0.3 is 14.3 Å². The van der Waals surface area contributed by atoms with Gasteiger partial charge in [-0.2, -0.15) is 0 Å². The Labute approximate surface area is 257 Å². The third-order valence-electron chi connectivity index (χ3n) is 8.17. The predicted octanol–water partition coefficient (Wildman–Crippen LogP) is 6.25. The number of aromatic nitrogens is 3. The fourth-order valence-electron chi connectivity index (χ4n) is 5.86. The molecule has 224 valence electrons. The van der Waals surface area contributed by atoms with Crippen molar-refractivity contribution >= 4 is 54.8 Å². The zero-order valence-corrected chi connectivity index (χ0v) is 26.1. The number of hydrogen-bond acceptors (Lipinski definition) is 7. The van der Waals surface area contributed by atoms with Crippen molar-refractivity contribution in [3.63, 3.8) is 0 Å². The topological polar surface area (TPSA) is 110 Å². The van der Waals surface area contributed by atoms with Gasteiger partial charge >= 0.3 is 0 Å². The smallest absolute Gasteiger partial charge is 0.255 e. The normalized spacial score (nSPS) is 12.8. The molecule has 0 radical (unpaired) electrons. The molecule has 9 nitrogen and oxygen atoms in total. The van der Waals surface area contributed by atoms with Crippen molar-refractivity contribution in [3.8, 4) is 33.3 Å². The number of aryl methyl sites for hydroxylation is 3. The van der Waals surface area contributed by atoms with E-state index in [-0.39, 0.29) is 11.7 Å². The molecule has 44 heavy (non-hydrogen) atoms. The first-order chi connectivity index (χ1) is 21.1. The first-order valence-electron chi connectivity index (χ1n) is 14.1. The molecule has 7 rings (SSSR count). The second-order valence-corrected chi connectivity index (χ2v) is 13.9. The largest absolute Gasteiger partial charge is 0.454 e. The van der Waals surface area contributed by atoms with E-state index in [1.807, 2.05) is 31.2 Å². The van der Waals surface area contributed by atoms with Crippen molar-refractivity contribution in [2.75, 3.05) is 24.7 Å². The van der Waals surface area contributed by atoms with Gasteiger partial charge in [0.15, 0.2) is 5.76 Å². The summed E-state index contributed by atoms with van der Waals surface area (Å²) < 4.78 is 49.9. The molecule has 1 aliphatic heterocycles. The van der Waals surface area contributed by atoms with E-state index in [4.69, 9.17) is 9.40 Å². The molecule has 4 aromatic heterocycles. The molecule has 0 unspecified atom stereocenters. The highest BCUT2D eigenvalue weighted by atomic mass is 32.2. The van der Waals surface area contributed by atoms with Crippen molar-refractivity contribution in [2.24, 2.45) is 0 Å². The number of benzene rings is 2. The molecular weight excluding hydrogens is 602 g/mol. The lowest BCUT2D eigenvalue weighted by Gasteiger charge is -2.23. The van der Waals surface area contributed by atoms with Crippen molar-refractivity contribution in [2.45, 2.75) is 26.3 Å². The number of hydrogen-bond donors (Lipinski definition) is 1. The molecule has 0 aliphatic carbocycles. The Balaban J connectivity index is 1.49. The average Bonchev–Trinajstić information content (AvgIpc) is 3.74. The fraction of sp³-hybridized carbons (Fsp3) is 0.219. The molecule has 12 heteroatoms. The highest BCUT2D eigenvalue weighted by Crippen LogP contribution is 2.43. The number of thiazole rings is 1. The van der Waals surface area contributed by atoms with Gasteiger partial charge in [-0.1, -0.05) is 19.1 Å². The minimum Gasteiger partial charge on any atom is -0.454 e. The molecule has 2 aromatic carbocycles. The first-order valence-corrected chi connectivity index (χ1v) is 16.8. The lowest BCUT2D eigenvalue weighted by molar-refractivity contribution is 0.0964. The second kappa shape index (κ2) is 10.3. The number of furan rings is 1. The molecule has 0 fully saturated rings. The van der Waals surface area contributed by atoms with E-state index in [0.717, 1.165) is 34.5 Å². The summed E-state index contributed by atoms with van der Waals surface area (Å²) in [7, 11) is -0.667. The van der Waals surface area contributed by atoms with E-state index >= 15 is 0 Å². The van der Waals surface area contributed by atoms with E-state index in [9.17, 15) is 17.6 Å². The number of halogens is 1. The van der Waals surface area contributed by atoms with Crippen LogP contribution in [0.3, 0.4) is 0 Å². The Morgan fingerprint density at radius 2 is 2.00 bits per heavy atom. The number of nitrogens with one attached hydrogen (secondary N) is 1. The molecule has 5 heterocycles. The molecule has 0 spiro atoms. The molecule has 1 N–H and O–H groups in total. The molecule has 0 bridgehead atoms. The Hall–Kier alpha value is -4.55. The summed E-state index contributed by atoms with van der Waals surface area (Å²) in [5.74, 6) is -0.272. The molecular formula is C32H28FN5O4S2. The van der Waals surface area contributed by atoms with Crippen LogP contribution in [0.4, 0.5) is 10.1 Å². The highest BCUT2D eigenvalue weighted by molar-refractivity contribution is 7.92. The Morgan fingerprint density at radius 1 is 1.18 bits per heavy atom. The van der Waals surface area contributed by atoms with Crippen molar-refractivity contribution < 1.29 is 22.0 Å². The molecule has 1 amide bonds. The van der Waals surface area contributed by atoms with Crippen LogP contribution in [-0.2, 0) is 29.4 Å². The number of rotatable bonds is 6. The molecule has 1 aliphatic rings. The van der Waals surface area contributed by atoms with Gasteiger partial charge in [0, 0.05) is 49.2 Å². The van der Waals surface area contributed by atoms with Crippen LogP contribution in [0.25, 0.3) is 55.2 Å². The summed E-state index contributed by atoms with van der Waals surface area (Å²) in [6, 6.07) is 14.1. The van der Waals surface area contributed by atoms with E-state index in [1.54, 1.807) is 31.4 Å². The van der Waals surface area contributed by atoms with Gasteiger partial charge in [-0.15, -0.1) is 11.3 Å². The number of carbonyl (C=O) groups is 1. The minimum absolute atomic E-state index is 0.297. The Morgan fingerprint density at radius 3 is 2.73 bits per heavy atom. The monoisotopic (exact) mass is 629 g/mol. The number of fused-ring (bicyclic) bond motifs is 6. The van der Waals surface area contributed by atoms with Gasteiger partial charge in [-0.3, -0.25) is 9.10 Å². The van der Waals surface area contributed by atoms with Gasteiger partial charge in [0.2, 0.25) is 10.0 Å². The Kier molecular flexibility index (Phi) is 6.59. The van der Waals surface area contributed by atoms with Crippen LogP contribution in [0.15, 0.2) is 59.1 Å². The number of carbonyl (C=O) groups excluding carboxylic acids is 1. The lowest BCUT2D eigenvalue weighted by Crippen LogP contribution is -2.25. The summed E-state index contributed by atoms with van der Waals surface area (Å²) in [6.45, 7) is 2.69. The number of sulfonamides is 1. The molecule has 0 saturated carbocycles. The van der Waals surface area contributed by atoms with Crippen LogP contribution in [0.1, 0.15) is 27.9 Å². The van der Waals surface area contributed by atoms with Crippen LogP contribution in [0.2, 0.25) is 0 Å². The van der Waals surface area contributed by atoms with E-state index < -0.39 is 10.0 Å². The molecule has 0 saturated heterocycles. The van der Waals surface area contributed by atoms with Gasteiger partial charge in [-0.25, -0.2) is 22.8 Å². The van der Waals surface area contributed by atoms with Crippen LogP contribution in [0.5, 0.6) is 0 Å². The molecule has 6 aromatic rings. The number of pyridine rings is 1. The third-order valence-corrected chi connectivity index (χ3v) is 10.5. The van der Waals surface area contributed by atoms with Crippen LogP contribution in [0, 0.1) is 5.82 Å². The number of nitrogens with zero attached hydrogens (tertiary/aromatic N) is 4. The third kappa shape index (κ3) is 4.39. The number of anilines is 1. The van der Waals surface area contributed by atoms with Crippen molar-refractivity contribution in [1.82, 2.24) is 19.9 Å². The molecule has 0 atom stereocenters. The highest BCUT2D eigenvalue weighted by Gasteiger charge is 2.28. The SMILES string of the molecule is CCc1ncc(-c2oc3cc(N(C)S(C)(=O)=O)c(-c4ccc5c(n4)-c4cc6c(F)cccc6n4CC5)cc3c2C(=O)NC)s1. The van der Waals surface area contributed by atoms with Gasteiger partial charge in [0.25, 0.3) is 5.91 Å². The van der Waals surface area contributed by atoms with Gasteiger partial charge in [0.1, 0.15) is 11.4 Å². The number of amides is 1. The van der Waals surface area contributed by atoms with Crippen LogP contribution >= 0.6 is 11.3 Å². The quantitative estimate of drug-likeness (QED) is 0.233. The summed E-state index contributed by atoms with van der Waals surface area (Å²) in [4.78, 5) is 23.5. The summed E-state index contributed by atoms with van der Waals surface area (Å²) in [5.41, 5.74) is 5.34. The average molecular weight is 630 g/mol. The van der Waals surface area contributed by atoms with Gasteiger partial charge in [0.05, 0.1) is 50.0 Å². The lowest BCUT2D eigenvalue weighted by atomic mass is 9.99. The second-order valence-electron chi connectivity index (χ2n) is 10.8. The predicted molar refractivity (Wildman–Crippen MR) is 171 cm³/mol. The van der Waals surface area contributed by atoms with E-state index in [0.29, 0.717) is 68.2 Å². The maximum absolute atomic E-state index is 14.7. The Bertz CT molecular complexity index is 2250. The van der Waals surface area contributed by atoms with Crippen molar-refractivity contribution in [3.05, 3.63) is 76.7 Å². The van der Waals surface area contributed by atoms with Crippen molar-refractivity contribution in [1.29, 1.82) is 0 Å².